The average molecular weight is 375 g/mol. The van der Waals surface area contributed by atoms with E-state index in [9.17, 15) is 9.59 Å². The van der Waals surface area contributed by atoms with E-state index in [1.165, 1.54) is 0 Å². The van der Waals surface area contributed by atoms with Gasteiger partial charge in [0.25, 0.3) is 0 Å². The largest absolute Gasteiger partial charge is 0.369 e. The third-order valence-corrected chi connectivity index (χ3v) is 4.25. The maximum absolute atomic E-state index is 12.2. The fraction of sp³-hybridized carbons (Fsp3) is 0.882. The molecule has 1 saturated heterocycles. The first-order chi connectivity index (χ1) is 11.8. The number of carbonyl (C=O) groups excluding carboxylic acids is 2. The van der Waals surface area contributed by atoms with E-state index in [1.807, 2.05) is 27.8 Å². The molecule has 1 fully saturated rings. The number of hydrogen-bond acceptors (Lipinski definition) is 6. The third kappa shape index (κ3) is 9.44. The van der Waals surface area contributed by atoms with Gasteiger partial charge in [-0.25, -0.2) is 0 Å². The monoisotopic (exact) mass is 374 g/mol. The number of amides is 2. The van der Waals surface area contributed by atoms with E-state index in [-0.39, 0.29) is 35.8 Å². The van der Waals surface area contributed by atoms with Gasteiger partial charge in [-0.15, -0.1) is 0 Å². The number of carbonyl (C=O) groups is 2. The highest BCUT2D eigenvalue weighted by Crippen LogP contribution is 2.18. The molecule has 1 heterocycles. The molecule has 0 spiro atoms. The number of likely N-dealkylation sites (tertiary alicyclic amines) is 1. The molecule has 2 amide bonds. The minimum Gasteiger partial charge on any atom is -0.369 e. The van der Waals surface area contributed by atoms with Crippen molar-refractivity contribution in [2.24, 2.45) is 0 Å². The molecule has 25 heavy (non-hydrogen) atoms. The number of rotatable bonds is 12. The Morgan fingerprint density at radius 1 is 1.24 bits per heavy atom. The van der Waals surface area contributed by atoms with E-state index >= 15 is 0 Å². The van der Waals surface area contributed by atoms with Crippen LogP contribution >= 0.6 is 12.6 Å². The van der Waals surface area contributed by atoms with E-state index in [4.69, 9.17) is 4.74 Å². The van der Waals surface area contributed by atoms with Crippen LogP contribution in [0.5, 0.6) is 0 Å². The van der Waals surface area contributed by atoms with Crippen LogP contribution in [0.4, 0.5) is 0 Å². The summed E-state index contributed by atoms with van der Waals surface area (Å²) in [4.78, 5) is 27.9. The van der Waals surface area contributed by atoms with Crippen LogP contribution in [0, 0.1) is 0 Å². The van der Waals surface area contributed by atoms with Crippen LogP contribution in [-0.4, -0.2) is 91.9 Å². The molecule has 1 rings (SSSR count). The van der Waals surface area contributed by atoms with Crippen molar-refractivity contribution in [1.29, 1.82) is 0 Å². The minimum absolute atomic E-state index is 0.000140. The van der Waals surface area contributed by atoms with E-state index in [2.05, 4.69) is 33.1 Å². The van der Waals surface area contributed by atoms with Crippen molar-refractivity contribution in [3.05, 3.63) is 0 Å². The second-order valence-corrected chi connectivity index (χ2v) is 7.83. The van der Waals surface area contributed by atoms with E-state index in [0.29, 0.717) is 13.1 Å². The van der Waals surface area contributed by atoms with Crippen LogP contribution in [0.25, 0.3) is 0 Å². The predicted molar refractivity (Wildman–Crippen MR) is 103 cm³/mol. The number of nitrogens with one attached hydrogen (secondary N) is 2. The Hall–Kier alpha value is -0.830. The second-order valence-electron chi connectivity index (χ2n) is 6.95. The van der Waals surface area contributed by atoms with Gasteiger partial charge in [-0.3, -0.25) is 14.5 Å². The van der Waals surface area contributed by atoms with Crippen molar-refractivity contribution in [2.75, 3.05) is 52.9 Å². The van der Waals surface area contributed by atoms with Crippen LogP contribution < -0.4 is 10.6 Å². The SMILES string of the molecule is CC(S)CN1CCC1C(=O)NCCN(C)CCNC(=O)COC(C)C. The molecule has 0 bridgehead atoms. The van der Waals surface area contributed by atoms with Gasteiger partial charge < -0.3 is 20.3 Å². The topological polar surface area (TPSA) is 73.9 Å². The van der Waals surface area contributed by atoms with Gasteiger partial charge in [-0.05, 0) is 27.3 Å². The smallest absolute Gasteiger partial charge is 0.246 e. The van der Waals surface area contributed by atoms with Gasteiger partial charge >= 0.3 is 0 Å². The molecule has 8 heteroatoms. The summed E-state index contributed by atoms with van der Waals surface area (Å²) >= 11 is 4.38. The quantitative estimate of drug-likeness (QED) is 0.418. The Morgan fingerprint density at radius 2 is 1.88 bits per heavy atom. The third-order valence-electron chi connectivity index (χ3n) is 4.09. The van der Waals surface area contributed by atoms with Crippen molar-refractivity contribution in [2.45, 2.75) is 44.6 Å². The Balaban J connectivity index is 2.07. The first-order valence-corrected chi connectivity index (χ1v) is 9.58. The molecule has 0 aromatic carbocycles. The summed E-state index contributed by atoms with van der Waals surface area (Å²) in [6.45, 7) is 10.4. The lowest BCUT2D eigenvalue weighted by Crippen LogP contribution is -2.57. The molecule has 2 unspecified atom stereocenters. The summed E-state index contributed by atoms with van der Waals surface area (Å²) in [5.41, 5.74) is 0. The lowest BCUT2D eigenvalue weighted by Gasteiger charge is -2.40. The molecule has 0 aromatic rings. The first kappa shape index (κ1) is 22.2. The lowest BCUT2D eigenvalue weighted by atomic mass is 10.0. The highest BCUT2D eigenvalue weighted by atomic mass is 32.1. The summed E-state index contributed by atoms with van der Waals surface area (Å²) in [7, 11) is 1.97. The molecule has 0 saturated carbocycles. The highest BCUT2D eigenvalue weighted by molar-refractivity contribution is 7.80. The van der Waals surface area contributed by atoms with Gasteiger partial charge in [-0.2, -0.15) is 12.6 Å². The zero-order valence-electron chi connectivity index (χ0n) is 16.0. The van der Waals surface area contributed by atoms with Gasteiger partial charge in [0, 0.05) is 44.5 Å². The summed E-state index contributed by atoms with van der Waals surface area (Å²) < 4.78 is 5.24. The number of nitrogens with zero attached hydrogens (tertiary/aromatic N) is 2. The molecule has 0 radical (unpaired) electrons. The van der Waals surface area contributed by atoms with E-state index < -0.39 is 0 Å². The fourth-order valence-electron chi connectivity index (χ4n) is 2.57. The Labute approximate surface area is 157 Å². The zero-order chi connectivity index (χ0) is 18.8. The summed E-state index contributed by atoms with van der Waals surface area (Å²) in [5, 5.41) is 6.10. The zero-order valence-corrected chi connectivity index (χ0v) is 16.8. The summed E-state index contributed by atoms with van der Waals surface area (Å²) in [6, 6.07) is 0.000140. The lowest BCUT2D eigenvalue weighted by molar-refractivity contribution is -0.130. The molecule has 2 atom stereocenters. The van der Waals surface area contributed by atoms with Crippen molar-refractivity contribution in [3.8, 4) is 0 Å². The number of thiol groups is 1. The van der Waals surface area contributed by atoms with Crippen molar-refractivity contribution in [3.63, 3.8) is 0 Å². The van der Waals surface area contributed by atoms with Crippen molar-refractivity contribution < 1.29 is 14.3 Å². The maximum atomic E-state index is 12.2. The normalized spacial score (nSPS) is 18.9. The minimum atomic E-state index is -0.0982. The van der Waals surface area contributed by atoms with Gasteiger partial charge in [0.15, 0.2) is 0 Å². The van der Waals surface area contributed by atoms with E-state index in [1.54, 1.807) is 0 Å². The molecule has 7 nitrogen and oxygen atoms in total. The summed E-state index contributed by atoms with van der Waals surface area (Å²) in [6.07, 6.45) is 0.978. The Morgan fingerprint density at radius 3 is 2.40 bits per heavy atom. The Kier molecular flexibility index (Phi) is 10.4. The summed E-state index contributed by atoms with van der Waals surface area (Å²) in [5.74, 6) is 0.00617. The molecular weight excluding hydrogens is 340 g/mol. The number of hydrogen-bond donors (Lipinski definition) is 3. The van der Waals surface area contributed by atoms with Crippen molar-refractivity contribution in [1.82, 2.24) is 20.4 Å². The molecule has 1 aliphatic rings. The maximum Gasteiger partial charge on any atom is 0.246 e. The Bertz CT molecular complexity index is 421. The first-order valence-electron chi connectivity index (χ1n) is 9.06. The predicted octanol–water partition coefficient (Wildman–Crippen LogP) is -0.0318. The number of likely N-dealkylation sites (N-methyl/N-ethyl adjacent to an activating group) is 1. The molecule has 2 N–H and O–H groups in total. The standard InChI is InChI=1S/C17H34N4O3S/c1-13(2)24-12-16(22)18-6-9-20(4)10-7-19-17(23)15-5-8-21(15)11-14(3)25/h13-15,25H,5-12H2,1-4H3,(H,18,22)(H,19,23). The number of ether oxygens (including phenoxy) is 1. The molecule has 0 aromatic heterocycles. The van der Waals surface area contributed by atoms with Gasteiger partial charge in [0.1, 0.15) is 6.61 Å². The van der Waals surface area contributed by atoms with Gasteiger partial charge in [0.2, 0.25) is 11.8 Å². The molecular formula is C17H34N4O3S. The highest BCUT2D eigenvalue weighted by Gasteiger charge is 2.33. The van der Waals surface area contributed by atoms with Gasteiger partial charge in [-0.1, -0.05) is 6.92 Å². The molecule has 1 aliphatic heterocycles. The molecule has 146 valence electrons. The van der Waals surface area contributed by atoms with Crippen LogP contribution in [0.2, 0.25) is 0 Å². The van der Waals surface area contributed by atoms with Crippen LogP contribution in [-0.2, 0) is 14.3 Å². The second kappa shape index (κ2) is 11.7. The van der Waals surface area contributed by atoms with Crippen LogP contribution in [0.3, 0.4) is 0 Å². The van der Waals surface area contributed by atoms with E-state index in [0.717, 1.165) is 32.6 Å². The van der Waals surface area contributed by atoms with Gasteiger partial charge in [0.05, 0.1) is 12.1 Å². The molecule has 0 aliphatic carbocycles. The fourth-order valence-corrected chi connectivity index (χ4v) is 2.78. The van der Waals surface area contributed by atoms with Crippen molar-refractivity contribution >= 4 is 24.4 Å². The average Bonchev–Trinajstić information content (AvgIpc) is 2.49. The van der Waals surface area contributed by atoms with Crippen LogP contribution in [0.1, 0.15) is 27.2 Å². The van der Waals surface area contributed by atoms with Crippen LogP contribution in [0.15, 0.2) is 0 Å².